The molecule has 0 aliphatic carbocycles. The fraction of sp³-hybridized carbons (Fsp3) is 0.778. The van der Waals surface area contributed by atoms with Crippen LogP contribution in [-0.2, 0) is 17.0 Å². The summed E-state index contributed by atoms with van der Waals surface area (Å²) >= 11 is 5.57. The highest BCUT2D eigenvalue weighted by Crippen LogP contribution is 2.16. The minimum atomic E-state index is 0.243. The summed E-state index contributed by atoms with van der Waals surface area (Å²) in [5, 5.41) is 3.73. The van der Waals surface area contributed by atoms with Crippen LogP contribution in [0.25, 0.3) is 0 Å². The summed E-state index contributed by atoms with van der Waals surface area (Å²) in [7, 11) is 0. The van der Waals surface area contributed by atoms with Crippen molar-refractivity contribution in [2.45, 2.75) is 37.7 Å². The molecular formula is C9H13ClN2O2. The summed E-state index contributed by atoms with van der Waals surface area (Å²) in [6.07, 6.45) is 4.42. The Bertz CT molecular complexity index is 284. The molecule has 0 spiro atoms. The van der Waals surface area contributed by atoms with Gasteiger partial charge in [0.25, 0.3) is 0 Å². The quantitative estimate of drug-likeness (QED) is 0.725. The van der Waals surface area contributed by atoms with Crippen molar-refractivity contribution in [3.8, 4) is 0 Å². The van der Waals surface area contributed by atoms with Crippen LogP contribution in [0.1, 0.15) is 31.0 Å². The van der Waals surface area contributed by atoms with Crippen molar-refractivity contribution in [3.05, 3.63) is 11.7 Å². The summed E-state index contributed by atoms with van der Waals surface area (Å²) in [6, 6.07) is 0. The maximum Gasteiger partial charge on any atom is 0.229 e. The first kappa shape index (κ1) is 9.93. The Labute approximate surface area is 87.6 Å². The molecule has 4 nitrogen and oxygen atoms in total. The van der Waals surface area contributed by atoms with Crippen molar-refractivity contribution in [2.75, 3.05) is 6.61 Å². The Balaban J connectivity index is 1.89. The number of alkyl halides is 1. The monoisotopic (exact) mass is 216 g/mol. The highest BCUT2D eigenvalue weighted by Gasteiger charge is 2.17. The third kappa shape index (κ3) is 2.45. The summed E-state index contributed by atoms with van der Waals surface area (Å²) < 4.78 is 10.6. The van der Waals surface area contributed by atoms with E-state index in [0.29, 0.717) is 24.0 Å². The van der Waals surface area contributed by atoms with Gasteiger partial charge in [0.05, 0.1) is 18.4 Å². The molecule has 0 aromatic carbocycles. The molecule has 1 aromatic rings. The molecule has 1 fully saturated rings. The van der Waals surface area contributed by atoms with Gasteiger partial charge in [0.15, 0.2) is 5.82 Å². The Morgan fingerprint density at radius 2 is 2.36 bits per heavy atom. The van der Waals surface area contributed by atoms with Gasteiger partial charge < -0.3 is 9.26 Å². The van der Waals surface area contributed by atoms with Crippen LogP contribution in [0.15, 0.2) is 4.52 Å². The minimum Gasteiger partial charge on any atom is -0.378 e. The fourth-order valence-electron chi connectivity index (χ4n) is 1.59. The average molecular weight is 217 g/mol. The lowest BCUT2D eigenvalue weighted by Crippen LogP contribution is -2.21. The molecule has 1 unspecified atom stereocenters. The second-order valence-electron chi connectivity index (χ2n) is 3.43. The molecule has 1 saturated heterocycles. The number of hydrogen-bond donors (Lipinski definition) is 0. The highest BCUT2D eigenvalue weighted by atomic mass is 35.5. The van der Waals surface area contributed by atoms with E-state index in [1.54, 1.807) is 0 Å². The molecule has 1 aliphatic rings. The van der Waals surface area contributed by atoms with Crippen LogP contribution in [0.2, 0.25) is 0 Å². The van der Waals surface area contributed by atoms with E-state index in [9.17, 15) is 0 Å². The zero-order chi connectivity index (χ0) is 9.80. The number of aromatic nitrogens is 2. The van der Waals surface area contributed by atoms with Crippen molar-refractivity contribution in [3.63, 3.8) is 0 Å². The Hall–Kier alpha value is -0.610. The van der Waals surface area contributed by atoms with E-state index >= 15 is 0 Å². The molecule has 2 rings (SSSR count). The third-order valence-corrected chi connectivity index (χ3v) is 2.55. The van der Waals surface area contributed by atoms with Crippen LogP contribution in [-0.4, -0.2) is 22.9 Å². The van der Waals surface area contributed by atoms with E-state index < -0.39 is 0 Å². The van der Waals surface area contributed by atoms with Crippen LogP contribution in [0.5, 0.6) is 0 Å². The molecule has 1 aliphatic heterocycles. The van der Waals surface area contributed by atoms with Crippen LogP contribution < -0.4 is 0 Å². The van der Waals surface area contributed by atoms with E-state index in [1.807, 2.05) is 0 Å². The van der Waals surface area contributed by atoms with Gasteiger partial charge in [0.2, 0.25) is 5.89 Å². The Kier molecular flexibility index (Phi) is 3.37. The minimum absolute atomic E-state index is 0.243. The van der Waals surface area contributed by atoms with E-state index in [0.717, 1.165) is 19.4 Å². The molecule has 0 N–H and O–H groups in total. The second-order valence-corrected chi connectivity index (χ2v) is 3.70. The van der Waals surface area contributed by atoms with Gasteiger partial charge in [-0.25, -0.2) is 0 Å². The van der Waals surface area contributed by atoms with Crippen LogP contribution in [0.4, 0.5) is 0 Å². The SMILES string of the molecule is ClCc1noc(CC2CCCCO2)n1. The van der Waals surface area contributed by atoms with Gasteiger partial charge in [-0.3, -0.25) is 0 Å². The van der Waals surface area contributed by atoms with Crippen molar-refractivity contribution < 1.29 is 9.26 Å². The average Bonchev–Trinajstić information content (AvgIpc) is 2.67. The molecule has 0 bridgehead atoms. The number of halogens is 1. The van der Waals surface area contributed by atoms with Gasteiger partial charge in [-0.15, -0.1) is 11.6 Å². The molecule has 2 heterocycles. The Morgan fingerprint density at radius 1 is 1.43 bits per heavy atom. The summed E-state index contributed by atoms with van der Waals surface area (Å²) in [5.74, 6) is 1.49. The maximum atomic E-state index is 5.57. The van der Waals surface area contributed by atoms with Gasteiger partial charge in [-0.05, 0) is 19.3 Å². The zero-order valence-electron chi connectivity index (χ0n) is 7.91. The van der Waals surface area contributed by atoms with Gasteiger partial charge in [0, 0.05) is 6.61 Å². The topological polar surface area (TPSA) is 48.2 Å². The first-order valence-corrected chi connectivity index (χ1v) is 5.41. The van der Waals surface area contributed by atoms with Gasteiger partial charge in [-0.2, -0.15) is 4.98 Å². The number of rotatable bonds is 3. The fourth-order valence-corrected chi connectivity index (χ4v) is 1.70. The number of hydrogen-bond acceptors (Lipinski definition) is 4. The van der Waals surface area contributed by atoms with E-state index in [-0.39, 0.29) is 6.10 Å². The third-order valence-electron chi connectivity index (χ3n) is 2.31. The molecule has 78 valence electrons. The van der Waals surface area contributed by atoms with Crippen molar-refractivity contribution >= 4 is 11.6 Å². The predicted molar refractivity (Wildman–Crippen MR) is 51.2 cm³/mol. The lowest BCUT2D eigenvalue weighted by Gasteiger charge is -2.20. The predicted octanol–water partition coefficient (Wildman–Crippen LogP) is 1.92. The molecule has 5 heteroatoms. The lowest BCUT2D eigenvalue weighted by molar-refractivity contribution is 0.0124. The normalized spacial score (nSPS) is 22.5. The first-order chi connectivity index (χ1) is 6.88. The van der Waals surface area contributed by atoms with Gasteiger partial charge in [-0.1, -0.05) is 5.16 Å². The van der Waals surface area contributed by atoms with Crippen LogP contribution in [0.3, 0.4) is 0 Å². The molecule has 0 saturated carbocycles. The first-order valence-electron chi connectivity index (χ1n) is 4.87. The molecule has 0 radical (unpaired) electrons. The van der Waals surface area contributed by atoms with Gasteiger partial charge in [0.1, 0.15) is 0 Å². The van der Waals surface area contributed by atoms with Crippen LogP contribution in [0, 0.1) is 0 Å². The number of ether oxygens (including phenoxy) is 1. The van der Waals surface area contributed by atoms with Crippen molar-refractivity contribution in [1.29, 1.82) is 0 Å². The molecule has 14 heavy (non-hydrogen) atoms. The zero-order valence-corrected chi connectivity index (χ0v) is 8.66. The molecular weight excluding hydrogens is 204 g/mol. The van der Waals surface area contributed by atoms with E-state index in [2.05, 4.69) is 10.1 Å². The number of nitrogens with zero attached hydrogens (tertiary/aromatic N) is 2. The van der Waals surface area contributed by atoms with Crippen LogP contribution >= 0.6 is 11.6 Å². The molecule has 1 aromatic heterocycles. The van der Waals surface area contributed by atoms with Crippen molar-refractivity contribution in [1.82, 2.24) is 10.1 Å². The van der Waals surface area contributed by atoms with E-state index in [4.69, 9.17) is 20.9 Å². The second kappa shape index (κ2) is 4.75. The van der Waals surface area contributed by atoms with E-state index in [1.165, 1.54) is 6.42 Å². The summed E-state index contributed by atoms with van der Waals surface area (Å²) in [4.78, 5) is 4.13. The molecule has 1 atom stereocenters. The Morgan fingerprint density at radius 3 is 3.00 bits per heavy atom. The molecule has 0 amide bonds. The summed E-state index contributed by atoms with van der Waals surface area (Å²) in [6.45, 7) is 0.848. The van der Waals surface area contributed by atoms with Crippen molar-refractivity contribution in [2.24, 2.45) is 0 Å². The van der Waals surface area contributed by atoms with Gasteiger partial charge >= 0.3 is 0 Å². The standard InChI is InChI=1S/C9H13ClN2O2/c10-6-8-11-9(14-12-8)5-7-3-1-2-4-13-7/h7H,1-6H2. The lowest BCUT2D eigenvalue weighted by atomic mass is 10.1. The summed E-state index contributed by atoms with van der Waals surface area (Å²) in [5.41, 5.74) is 0. The smallest absolute Gasteiger partial charge is 0.229 e. The largest absolute Gasteiger partial charge is 0.378 e. The maximum absolute atomic E-state index is 5.57. The highest BCUT2D eigenvalue weighted by molar-refractivity contribution is 6.16.